The molecule has 1 N–H and O–H groups in total. The third-order valence-electron chi connectivity index (χ3n) is 3.30. The van der Waals surface area contributed by atoms with E-state index in [1.54, 1.807) is 0 Å². The van der Waals surface area contributed by atoms with Gasteiger partial charge in [-0.2, -0.15) is 5.26 Å². The minimum Gasteiger partial charge on any atom is -0.459 e. The first-order chi connectivity index (χ1) is 9.76. The van der Waals surface area contributed by atoms with Crippen LogP contribution in [-0.2, 0) is 6.54 Å². The molecule has 0 saturated carbocycles. The van der Waals surface area contributed by atoms with Crippen molar-refractivity contribution in [2.75, 3.05) is 5.32 Å². The lowest BCUT2D eigenvalue weighted by Gasteiger charge is -2.08. The highest BCUT2D eigenvalue weighted by molar-refractivity contribution is 5.77. The molecular weight excluding hydrogens is 248 g/mol. The molecule has 0 aliphatic carbocycles. The molecule has 0 spiro atoms. The van der Waals surface area contributed by atoms with Gasteiger partial charge in [0.25, 0.3) is 0 Å². The number of furan rings is 1. The molecule has 0 saturated heterocycles. The Morgan fingerprint density at radius 3 is 2.80 bits per heavy atom. The minimum absolute atomic E-state index is 0.602. The van der Waals surface area contributed by atoms with E-state index in [0.29, 0.717) is 12.1 Å². The summed E-state index contributed by atoms with van der Waals surface area (Å²) in [5, 5.41) is 13.4. The van der Waals surface area contributed by atoms with Crippen molar-refractivity contribution in [1.29, 1.82) is 5.26 Å². The monoisotopic (exact) mass is 262 g/mol. The summed E-state index contributed by atoms with van der Waals surface area (Å²) in [5.74, 6) is 0.882. The second-order valence-corrected chi connectivity index (χ2v) is 4.75. The lowest BCUT2D eigenvalue weighted by molar-refractivity contribution is 0.559. The van der Waals surface area contributed by atoms with Crippen LogP contribution in [0.3, 0.4) is 0 Å². The number of nitrogens with one attached hydrogen (secondary N) is 1. The lowest BCUT2D eigenvalue weighted by Crippen LogP contribution is -2.00. The maximum Gasteiger partial charge on any atom is 0.134 e. The zero-order valence-electron chi connectivity index (χ0n) is 11.2. The van der Waals surface area contributed by atoms with Crippen molar-refractivity contribution in [3.8, 4) is 6.07 Å². The number of anilines is 1. The molecule has 1 aromatic heterocycles. The quantitative estimate of drug-likeness (QED) is 0.768. The van der Waals surface area contributed by atoms with Crippen molar-refractivity contribution in [3.63, 3.8) is 0 Å². The van der Waals surface area contributed by atoms with E-state index in [9.17, 15) is 0 Å². The molecule has 0 aliphatic heterocycles. The van der Waals surface area contributed by atoms with Gasteiger partial charge in [-0.1, -0.05) is 24.3 Å². The van der Waals surface area contributed by atoms with Gasteiger partial charge in [-0.15, -0.1) is 0 Å². The average molecular weight is 262 g/mol. The van der Waals surface area contributed by atoms with Crippen LogP contribution >= 0.6 is 0 Å². The van der Waals surface area contributed by atoms with Crippen molar-refractivity contribution in [1.82, 2.24) is 0 Å². The number of benzene rings is 2. The first-order valence-corrected chi connectivity index (χ1v) is 6.48. The summed E-state index contributed by atoms with van der Waals surface area (Å²) in [6.07, 6.45) is 0. The number of para-hydroxylation sites is 1. The number of aryl methyl sites for hydroxylation is 1. The number of rotatable bonds is 3. The average Bonchev–Trinajstić information content (AvgIpc) is 2.89. The van der Waals surface area contributed by atoms with Gasteiger partial charge in [-0.25, -0.2) is 0 Å². The molecule has 0 amide bonds. The van der Waals surface area contributed by atoms with Gasteiger partial charge in [0.15, 0.2) is 0 Å². The summed E-state index contributed by atoms with van der Waals surface area (Å²) < 4.78 is 5.76. The largest absolute Gasteiger partial charge is 0.459 e. The predicted octanol–water partition coefficient (Wildman–Crippen LogP) is 4.23. The number of fused-ring (bicyclic) bond motifs is 1. The highest BCUT2D eigenvalue weighted by Crippen LogP contribution is 2.21. The summed E-state index contributed by atoms with van der Waals surface area (Å²) in [6, 6.07) is 17.8. The molecule has 98 valence electrons. The first kappa shape index (κ1) is 12.3. The van der Waals surface area contributed by atoms with E-state index in [4.69, 9.17) is 9.68 Å². The Labute approximate surface area is 117 Å². The van der Waals surface area contributed by atoms with Gasteiger partial charge in [0, 0.05) is 11.1 Å². The molecule has 2 aromatic carbocycles. The van der Waals surface area contributed by atoms with E-state index < -0.39 is 0 Å². The van der Waals surface area contributed by atoms with E-state index in [-0.39, 0.29) is 0 Å². The standard InChI is InChI=1S/C17H14N2O/c1-12-6-7-13(10-18)8-16(12)19-11-15-9-14-4-2-3-5-17(14)20-15/h2-9,19H,11H2,1H3. The molecule has 3 heteroatoms. The molecule has 0 unspecified atom stereocenters. The zero-order valence-corrected chi connectivity index (χ0v) is 11.2. The van der Waals surface area contributed by atoms with Crippen molar-refractivity contribution >= 4 is 16.7 Å². The van der Waals surface area contributed by atoms with Gasteiger partial charge in [0.1, 0.15) is 11.3 Å². The summed E-state index contributed by atoms with van der Waals surface area (Å²) >= 11 is 0. The minimum atomic E-state index is 0.602. The van der Waals surface area contributed by atoms with E-state index in [0.717, 1.165) is 28.0 Å². The van der Waals surface area contributed by atoms with Gasteiger partial charge in [0.2, 0.25) is 0 Å². The molecular formula is C17H14N2O. The molecule has 1 heterocycles. The Kier molecular flexibility index (Phi) is 3.14. The zero-order chi connectivity index (χ0) is 13.9. The smallest absolute Gasteiger partial charge is 0.134 e. The normalized spacial score (nSPS) is 10.4. The molecule has 3 aromatic rings. The number of hydrogen-bond donors (Lipinski definition) is 1. The van der Waals surface area contributed by atoms with Gasteiger partial charge in [-0.05, 0) is 36.8 Å². The van der Waals surface area contributed by atoms with Crippen LogP contribution in [0.25, 0.3) is 11.0 Å². The Balaban J connectivity index is 1.81. The Morgan fingerprint density at radius 2 is 2.00 bits per heavy atom. The Morgan fingerprint density at radius 1 is 1.15 bits per heavy atom. The lowest BCUT2D eigenvalue weighted by atomic mass is 10.1. The second kappa shape index (κ2) is 5.10. The van der Waals surface area contributed by atoms with Gasteiger partial charge < -0.3 is 9.73 Å². The topological polar surface area (TPSA) is 49.0 Å². The van der Waals surface area contributed by atoms with E-state index in [2.05, 4.69) is 11.4 Å². The predicted molar refractivity (Wildman–Crippen MR) is 79.4 cm³/mol. The molecule has 3 nitrogen and oxygen atoms in total. The van der Waals surface area contributed by atoms with Crippen LogP contribution in [0.5, 0.6) is 0 Å². The van der Waals surface area contributed by atoms with Crippen LogP contribution in [0.2, 0.25) is 0 Å². The molecule has 0 aliphatic rings. The third kappa shape index (κ3) is 2.36. The van der Waals surface area contributed by atoms with Crippen molar-refractivity contribution in [2.24, 2.45) is 0 Å². The van der Waals surface area contributed by atoms with Gasteiger partial charge >= 0.3 is 0 Å². The van der Waals surface area contributed by atoms with Crippen LogP contribution in [0.1, 0.15) is 16.9 Å². The number of nitriles is 1. The number of hydrogen-bond acceptors (Lipinski definition) is 3. The molecule has 0 radical (unpaired) electrons. The molecule has 0 fully saturated rings. The highest BCUT2D eigenvalue weighted by Gasteiger charge is 2.04. The SMILES string of the molecule is Cc1ccc(C#N)cc1NCc1cc2ccccc2o1. The van der Waals surface area contributed by atoms with E-state index in [1.165, 1.54) is 0 Å². The van der Waals surface area contributed by atoms with Crippen LogP contribution in [0, 0.1) is 18.3 Å². The van der Waals surface area contributed by atoms with Crippen LogP contribution in [-0.4, -0.2) is 0 Å². The van der Waals surface area contributed by atoms with Crippen LogP contribution in [0.15, 0.2) is 52.9 Å². The third-order valence-corrected chi connectivity index (χ3v) is 3.30. The van der Waals surface area contributed by atoms with Gasteiger partial charge in [-0.3, -0.25) is 0 Å². The second-order valence-electron chi connectivity index (χ2n) is 4.75. The molecule has 0 bridgehead atoms. The first-order valence-electron chi connectivity index (χ1n) is 6.48. The van der Waals surface area contributed by atoms with Gasteiger partial charge in [0.05, 0.1) is 18.2 Å². The fraction of sp³-hybridized carbons (Fsp3) is 0.118. The summed E-state index contributed by atoms with van der Waals surface area (Å²) in [5.41, 5.74) is 3.62. The summed E-state index contributed by atoms with van der Waals surface area (Å²) in [6.45, 7) is 2.62. The highest BCUT2D eigenvalue weighted by atomic mass is 16.3. The van der Waals surface area contributed by atoms with Crippen molar-refractivity contribution < 1.29 is 4.42 Å². The molecule has 20 heavy (non-hydrogen) atoms. The fourth-order valence-corrected chi connectivity index (χ4v) is 2.19. The maximum absolute atomic E-state index is 8.94. The molecule has 0 atom stereocenters. The Hall–Kier alpha value is -2.73. The maximum atomic E-state index is 8.94. The van der Waals surface area contributed by atoms with E-state index in [1.807, 2.05) is 55.5 Å². The van der Waals surface area contributed by atoms with Crippen LogP contribution in [0.4, 0.5) is 5.69 Å². The fourth-order valence-electron chi connectivity index (χ4n) is 2.19. The molecule has 3 rings (SSSR count). The van der Waals surface area contributed by atoms with E-state index >= 15 is 0 Å². The number of nitrogens with zero attached hydrogens (tertiary/aromatic N) is 1. The van der Waals surface area contributed by atoms with Crippen molar-refractivity contribution in [3.05, 3.63) is 65.4 Å². The Bertz CT molecular complexity index is 763. The van der Waals surface area contributed by atoms with Crippen molar-refractivity contribution in [2.45, 2.75) is 13.5 Å². The van der Waals surface area contributed by atoms with Crippen LogP contribution < -0.4 is 5.32 Å². The summed E-state index contributed by atoms with van der Waals surface area (Å²) in [4.78, 5) is 0. The summed E-state index contributed by atoms with van der Waals surface area (Å²) in [7, 11) is 0.